The van der Waals surface area contributed by atoms with Gasteiger partial charge in [-0.25, -0.2) is 13.4 Å². The Kier molecular flexibility index (Phi) is 6.43. The number of carbonyl (C=O) groups is 1. The van der Waals surface area contributed by atoms with Crippen molar-refractivity contribution in [2.45, 2.75) is 24.5 Å². The minimum absolute atomic E-state index is 0.0797. The lowest BCUT2D eigenvalue weighted by Crippen LogP contribution is -2.52. The first-order valence-electron chi connectivity index (χ1n) is 9.98. The molecule has 2 fully saturated rings. The van der Waals surface area contributed by atoms with Crippen LogP contribution < -0.4 is 0 Å². The fourth-order valence-electron chi connectivity index (χ4n) is 4.05. The van der Waals surface area contributed by atoms with Crippen LogP contribution in [0.15, 0.2) is 35.7 Å². The number of hydrogen-bond donors (Lipinski definition) is 0. The Balaban J connectivity index is 1.32. The van der Waals surface area contributed by atoms with Crippen molar-refractivity contribution in [3.63, 3.8) is 0 Å². The summed E-state index contributed by atoms with van der Waals surface area (Å²) in [4.78, 5) is 21.2. The highest BCUT2D eigenvalue weighted by molar-refractivity contribution is 7.99. The SMILES string of the molecule is Cc1c(Cl)cccc1-n1ccnc1SCC(=O)N1CCN(C2CCS(=O)(=O)C2)CC1. The minimum Gasteiger partial charge on any atom is -0.339 e. The van der Waals surface area contributed by atoms with Gasteiger partial charge in [-0.05, 0) is 31.0 Å². The first kappa shape index (κ1) is 21.7. The van der Waals surface area contributed by atoms with Crippen LogP contribution >= 0.6 is 23.4 Å². The molecule has 162 valence electrons. The van der Waals surface area contributed by atoms with Crippen molar-refractivity contribution >= 4 is 39.1 Å². The number of sulfone groups is 1. The molecule has 0 radical (unpaired) electrons. The van der Waals surface area contributed by atoms with Gasteiger partial charge in [0.2, 0.25) is 5.91 Å². The van der Waals surface area contributed by atoms with Gasteiger partial charge in [-0.2, -0.15) is 0 Å². The van der Waals surface area contributed by atoms with E-state index in [9.17, 15) is 13.2 Å². The number of hydrogen-bond acceptors (Lipinski definition) is 6. The molecule has 0 N–H and O–H groups in total. The normalized spacial score (nSPS) is 21.8. The van der Waals surface area contributed by atoms with Crippen molar-refractivity contribution in [2.24, 2.45) is 0 Å². The van der Waals surface area contributed by atoms with Crippen LogP contribution in [0.4, 0.5) is 0 Å². The lowest BCUT2D eigenvalue weighted by molar-refractivity contribution is -0.130. The van der Waals surface area contributed by atoms with Gasteiger partial charge < -0.3 is 4.90 Å². The standard InChI is InChI=1S/C20H25ClN4O3S2/c1-15-17(21)3-2-4-18(15)25-7-6-22-20(25)29-13-19(26)24-10-8-23(9-11-24)16-5-12-30(27,28)14-16/h2-4,6-7,16H,5,8-14H2,1H3. The first-order chi connectivity index (χ1) is 14.3. The molecular weight excluding hydrogens is 444 g/mol. The Morgan fingerprint density at radius 2 is 2.03 bits per heavy atom. The van der Waals surface area contributed by atoms with Crippen LogP contribution in [-0.4, -0.2) is 83.2 Å². The van der Waals surface area contributed by atoms with Crippen molar-refractivity contribution in [3.05, 3.63) is 41.2 Å². The van der Waals surface area contributed by atoms with Crippen LogP contribution in [-0.2, 0) is 14.6 Å². The maximum atomic E-state index is 12.7. The third kappa shape index (κ3) is 4.69. The van der Waals surface area contributed by atoms with Gasteiger partial charge in [0.05, 0.1) is 22.9 Å². The maximum Gasteiger partial charge on any atom is 0.233 e. The van der Waals surface area contributed by atoms with Gasteiger partial charge in [0.25, 0.3) is 0 Å². The fourth-order valence-corrected chi connectivity index (χ4v) is 6.85. The summed E-state index contributed by atoms with van der Waals surface area (Å²) in [6.45, 7) is 4.70. The highest BCUT2D eigenvalue weighted by atomic mass is 35.5. The number of nitrogens with zero attached hydrogens (tertiary/aromatic N) is 4. The van der Waals surface area contributed by atoms with E-state index in [4.69, 9.17) is 11.6 Å². The molecule has 0 saturated carbocycles. The number of carbonyl (C=O) groups excluding carboxylic acids is 1. The molecule has 3 heterocycles. The summed E-state index contributed by atoms with van der Waals surface area (Å²) in [5.41, 5.74) is 1.92. The molecule has 2 aliphatic heterocycles. The van der Waals surface area contributed by atoms with Gasteiger partial charge in [-0.1, -0.05) is 29.4 Å². The van der Waals surface area contributed by atoms with E-state index in [1.165, 1.54) is 11.8 Å². The zero-order valence-electron chi connectivity index (χ0n) is 16.8. The lowest BCUT2D eigenvalue weighted by atomic mass is 10.2. The average Bonchev–Trinajstić information content (AvgIpc) is 3.34. The van der Waals surface area contributed by atoms with Gasteiger partial charge >= 0.3 is 0 Å². The van der Waals surface area contributed by atoms with Gasteiger partial charge in [0.1, 0.15) is 0 Å². The fraction of sp³-hybridized carbons (Fsp3) is 0.500. The maximum absolute atomic E-state index is 12.7. The zero-order valence-corrected chi connectivity index (χ0v) is 19.2. The largest absolute Gasteiger partial charge is 0.339 e. The van der Waals surface area contributed by atoms with Gasteiger partial charge in [-0.3, -0.25) is 14.3 Å². The van der Waals surface area contributed by atoms with Gasteiger partial charge in [0.15, 0.2) is 15.0 Å². The molecule has 1 aromatic carbocycles. The molecule has 1 atom stereocenters. The molecule has 1 unspecified atom stereocenters. The average molecular weight is 469 g/mol. The Morgan fingerprint density at radius 1 is 1.27 bits per heavy atom. The van der Waals surface area contributed by atoms with Crippen LogP contribution in [0.3, 0.4) is 0 Å². The van der Waals surface area contributed by atoms with Crippen LogP contribution in [0.1, 0.15) is 12.0 Å². The van der Waals surface area contributed by atoms with Crippen molar-refractivity contribution in [3.8, 4) is 5.69 Å². The molecular formula is C20H25ClN4O3S2. The van der Waals surface area contributed by atoms with Crippen LogP contribution in [0, 0.1) is 6.92 Å². The summed E-state index contributed by atoms with van der Waals surface area (Å²) in [6.07, 6.45) is 4.30. The molecule has 0 spiro atoms. The van der Waals surface area contributed by atoms with Crippen LogP contribution in [0.5, 0.6) is 0 Å². The molecule has 30 heavy (non-hydrogen) atoms. The number of aromatic nitrogens is 2. The monoisotopic (exact) mass is 468 g/mol. The third-order valence-corrected chi connectivity index (χ3v) is 8.93. The number of benzene rings is 1. The first-order valence-corrected chi connectivity index (χ1v) is 13.2. The Bertz CT molecular complexity index is 1030. The topological polar surface area (TPSA) is 75.5 Å². The van der Waals surface area contributed by atoms with Gasteiger partial charge in [0, 0.05) is 49.6 Å². The highest BCUT2D eigenvalue weighted by Gasteiger charge is 2.34. The Morgan fingerprint density at radius 3 is 2.73 bits per heavy atom. The molecule has 2 saturated heterocycles. The number of thioether (sulfide) groups is 1. The second-order valence-corrected chi connectivity index (χ2v) is 11.3. The molecule has 4 rings (SSSR count). The molecule has 10 heteroatoms. The van der Waals surface area contributed by atoms with Crippen molar-refractivity contribution in [1.82, 2.24) is 19.4 Å². The second kappa shape index (κ2) is 8.90. The predicted molar refractivity (Wildman–Crippen MR) is 119 cm³/mol. The molecule has 2 aromatic rings. The molecule has 0 aliphatic carbocycles. The van der Waals surface area contributed by atoms with E-state index in [0.29, 0.717) is 30.3 Å². The summed E-state index contributed by atoms with van der Waals surface area (Å²) in [6, 6.07) is 5.85. The van der Waals surface area contributed by atoms with E-state index in [-0.39, 0.29) is 23.5 Å². The van der Waals surface area contributed by atoms with E-state index < -0.39 is 9.84 Å². The van der Waals surface area contributed by atoms with Crippen molar-refractivity contribution in [2.75, 3.05) is 43.4 Å². The second-order valence-electron chi connectivity index (χ2n) is 7.73. The van der Waals surface area contributed by atoms with E-state index in [1.807, 2.05) is 40.8 Å². The van der Waals surface area contributed by atoms with E-state index >= 15 is 0 Å². The van der Waals surface area contributed by atoms with Crippen molar-refractivity contribution < 1.29 is 13.2 Å². The van der Waals surface area contributed by atoms with E-state index in [0.717, 1.165) is 29.5 Å². The number of amides is 1. The number of halogens is 1. The quantitative estimate of drug-likeness (QED) is 0.626. The lowest BCUT2D eigenvalue weighted by Gasteiger charge is -2.37. The molecule has 2 aliphatic rings. The van der Waals surface area contributed by atoms with E-state index in [2.05, 4.69) is 9.88 Å². The molecule has 0 bridgehead atoms. The highest BCUT2D eigenvalue weighted by Crippen LogP contribution is 2.27. The van der Waals surface area contributed by atoms with E-state index in [1.54, 1.807) is 6.20 Å². The third-order valence-electron chi connectivity index (χ3n) is 5.82. The number of imidazole rings is 1. The predicted octanol–water partition coefficient (Wildman–Crippen LogP) is 2.26. The number of piperazine rings is 1. The summed E-state index contributed by atoms with van der Waals surface area (Å²) in [5.74, 6) is 0.930. The Labute approximate surface area is 186 Å². The zero-order chi connectivity index (χ0) is 21.3. The van der Waals surface area contributed by atoms with Crippen LogP contribution in [0.25, 0.3) is 5.69 Å². The summed E-state index contributed by atoms with van der Waals surface area (Å²) in [5, 5.41) is 1.45. The number of rotatable bonds is 5. The summed E-state index contributed by atoms with van der Waals surface area (Å²) >= 11 is 7.66. The Hall–Kier alpha value is -1.55. The van der Waals surface area contributed by atoms with Crippen LogP contribution in [0.2, 0.25) is 5.02 Å². The van der Waals surface area contributed by atoms with Gasteiger partial charge in [-0.15, -0.1) is 0 Å². The molecule has 1 aromatic heterocycles. The molecule has 1 amide bonds. The molecule has 7 nitrogen and oxygen atoms in total. The smallest absolute Gasteiger partial charge is 0.233 e. The van der Waals surface area contributed by atoms with Crippen molar-refractivity contribution in [1.29, 1.82) is 0 Å². The summed E-state index contributed by atoms with van der Waals surface area (Å²) in [7, 11) is -2.88. The summed E-state index contributed by atoms with van der Waals surface area (Å²) < 4.78 is 25.4. The minimum atomic E-state index is -2.88.